The minimum absolute atomic E-state index is 0.308. The molecule has 0 atom stereocenters. The van der Waals surface area contributed by atoms with Crippen LogP contribution in [0.15, 0.2) is 54.9 Å². The van der Waals surface area contributed by atoms with Gasteiger partial charge in [0.25, 0.3) is 0 Å². The molecule has 1 aliphatic rings. The molecule has 3 heterocycles. The van der Waals surface area contributed by atoms with Gasteiger partial charge in [0, 0.05) is 31.0 Å². The van der Waals surface area contributed by atoms with Gasteiger partial charge in [-0.3, -0.25) is 4.79 Å². The number of pyridine rings is 1. The van der Waals surface area contributed by atoms with Gasteiger partial charge in [0.05, 0.1) is 17.8 Å². The van der Waals surface area contributed by atoms with Crippen LogP contribution in [0, 0.1) is 5.92 Å². The summed E-state index contributed by atoms with van der Waals surface area (Å²) in [6, 6.07) is 9.52. The van der Waals surface area contributed by atoms with Crippen LogP contribution in [-0.2, 0) is 4.79 Å². The third-order valence-corrected chi connectivity index (χ3v) is 5.32. The molecule has 3 aromatic rings. The van der Waals surface area contributed by atoms with Crippen LogP contribution in [0.5, 0.6) is 5.75 Å². The van der Waals surface area contributed by atoms with Gasteiger partial charge in [-0.25, -0.2) is 9.78 Å². The van der Waals surface area contributed by atoms with Crippen LogP contribution in [-0.4, -0.2) is 51.3 Å². The highest BCUT2D eigenvalue weighted by molar-refractivity contribution is 5.90. The molecule has 0 radical (unpaired) electrons. The van der Waals surface area contributed by atoms with Crippen molar-refractivity contribution in [1.29, 1.82) is 0 Å². The lowest BCUT2D eigenvalue weighted by atomic mass is 9.97. The van der Waals surface area contributed by atoms with Crippen molar-refractivity contribution in [2.45, 2.75) is 19.2 Å². The number of amides is 1. The number of anilines is 4. The third-order valence-electron chi connectivity index (χ3n) is 5.32. The van der Waals surface area contributed by atoms with Crippen molar-refractivity contribution in [2.75, 3.05) is 28.6 Å². The molecule has 1 aliphatic heterocycles. The fraction of sp³-hybridized carbons (Fsp3) is 0.273. The second-order valence-electron chi connectivity index (χ2n) is 7.78. The van der Waals surface area contributed by atoms with E-state index in [1.54, 1.807) is 12.1 Å². The largest absolute Gasteiger partial charge is 0.573 e. The van der Waals surface area contributed by atoms with E-state index < -0.39 is 18.4 Å². The number of piperidine rings is 1. The van der Waals surface area contributed by atoms with E-state index in [4.69, 9.17) is 5.11 Å². The summed E-state index contributed by atoms with van der Waals surface area (Å²) in [5.74, 6) is -0.452. The van der Waals surface area contributed by atoms with E-state index in [0.717, 1.165) is 16.8 Å². The summed E-state index contributed by atoms with van der Waals surface area (Å²) in [6.45, 7) is 1.19. The van der Waals surface area contributed by atoms with Gasteiger partial charge < -0.3 is 25.4 Å². The Bertz CT molecular complexity index is 1170. The number of carbonyl (C=O) groups is 2. The van der Waals surface area contributed by atoms with Crippen LogP contribution >= 0.6 is 0 Å². The monoisotopic (exact) mass is 490 g/mol. The number of hydrogen-bond donors (Lipinski definition) is 3. The summed E-state index contributed by atoms with van der Waals surface area (Å²) in [6.07, 6.45) is -0.736. The van der Waals surface area contributed by atoms with Crippen LogP contribution in [0.25, 0.3) is 0 Å². The number of carboxylic acids is 1. The van der Waals surface area contributed by atoms with E-state index in [1.807, 2.05) is 4.90 Å². The summed E-state index contributed by atoms with van der Waals surface area (Å²) < 4.78 is 41.6. The van der Waals surface area contributed by atoms with E-state index in [-0.39, 0.29) is 11.7 Å². The van der Waals surface area contributed by atoms with Gasteiger partial charge in [-0.05, 0) is 49.2 Å². The van der Waals surface area contributed by atoms with Gasteiger partial charge in [-0.2, -0.15) is 4.68 Å². The highest BCUT2D eigenvalue weighted by atomic mass is 19.4. The van der Waals surface area contributed by atoms with Crippen molar-refractivity contribution in [3.05, 3.63) is 54.9 Å². The molecule has 0 bridgehead atoms. The molecule has 13 heteroatoms. The fourth-order valence-corrected chi connectivity index (χ4v) is 3.57. The molecule has 1 amide bonds. The van der Waals surface area contributed by atoms with Gasteiger partial charge in [0.2, 0.25) is 0 Å². The number of aromatic nitrogens is 3. The van der Waals surface area contributed by atoms with Gasteiger partial charge >= 0.3 is 18.4 Å². The van der Waals surface area contributed by atoms with Crippen molar-refractivity contribution in [3.63, 3.8) is 0 Å². The molecule has 35 heavy (non-hydrogen) atoms. The molecule has 0 spiro atoms. The molecule has 0 aliphatic carbocycles. The van der Waals surface area contributed by atoms with Gasteiger partial charge in [-0.15, -0.1) is 18.3 Å². The molecule has 0 saturated carbocycles. The molecule has 184 valence electrons. The number of ether oxygens (including phenoxy) is 1. The molecule has 1 aromatic carbocycles. The Morgan fingerprint density at radius 1 is 1.03 bits per heavy atom. The summed E-state index contributed by atoms with van der Waals surface area (Å²) in [4.78, 5) is 29.9. The Hall–Kier alpha value is -4.29. The number of rotatable bonds is 6. The molecule has 1 saturated heterocycles. The smallest absolute Gasteiger partial charge is 0.481 e. The van der Waals surface area contributed by atoms with Crippen LogP contribution in [0.1, 0.15) is 12.8 Å². The summed E-state index contributed by atoms with van der Waals surface area (Å²) in [7, 11) is 0. The average molecular weight is 490 g/mol. The molecule has 1 fully saturated rings. The van der Waals surface area contributed by atoms with Crippen LogP contribution in [0.3, 0.4) is 0 Å². The number of carbonyl (C=O) groups excluding carboxylic acids is 1. The molecular weight excluding hydrogens is 469 g/mol. The third kappa shape index (κ3) is 6.40. The number of nitrogens with zero attached hydrogens (tertiary/aromatic N) is 4. The zero-order chi connectivity index (χ0) is 25.0. The molecule has 2 aromatic heterocycles. The van der Waals surface area contributed by atoms with Gasteiger partial charge in [0.15, 0.2) is 5.82 Å². The second kappa shape index (κ2) is 9.91. The van der Waals surface area contributed by atoms with Gasteiger partial charge in [-0.1, -0.05) is 0 Å². The normalized spacial score (nSPS) is 14.4. The maximum Gasteiger partial charge on any atom is 0.573 e. The highest BCUT2D eigenvalue weighted by Gasteiger charge is 2.31. The lowest BCUT2D eigenvalue weighted by Crippen LogP contribution is -2.36. The Morgan fingerprint density at radius 3 is 2.31 bits per heavy atom. The summed E-state index contributed by atoms with van der Waals surface area (Å²) in [5, 5.41) is 18.8. The fourth-order valence-electron chi connectivity index (χ4n) is 3.57. The maximum absolute atomic E-state index is 12.5. The molecular formula is C22H21F3N6O4. The van der Waals surface area contributed by atoms with Crippen molar-refractivity contribution in [2.24, 2.45) is 5.92 Å². The Kier molecular flexibility index (Phi) is 6.75. The lowest BCUT2D eigenvalue weighted by molar-refractivity contribution is -0.274. The zero-order valence-corrected chi connectivity index (χ0v) is 18.2. The SMILES string of the molecule is O=C(O)C1CCN(c2ccc(NC(=O)n3ccc(Nc4ccc(OC(F)(F)F)cc4)n3)cn2)CC1. The predicted molar refractivity (Wildman–Crippen MR) is 120 cm³/mol. The molecule has 4 rings (SSSR count). The average Bonchev–Trinajstić information content (AvgIpc) is 3.29. The van der Waals surface area contributed by atoms with Crippen LogP contribution in [0.2, 0.25) is 0 Å². The number of benzene rings is 1. The quantitative estimate of drug-likeness (QED) is 0.468. The van der Waals surface area contributed by atoms with Crippen molar-refractivity contribution >= 4 is 35.0 Å². The Labute approximate surface area is 197 Å². The standard InChI is InChI=1S/C22H21F3N6O4/c23-22(24,25)35-17-4-1-15(2-5-17)27-18-9-12-31(29-18)21(34)28-16-3-6-19(26-13-16)30-10-7-14(8-11-30)20(32)33/h1-6,9,12-14H,7-8,10-11H2,(H,27,29)(H,28,34)(H,32,33). The first kappa shape index (κ1) is 23.9. The van der Waals surface area contributed by atoms with Crippen molar-refractivity contribution in [3.8, 4) is 5.75 Å². The van der Waals surface area contributed by atoms with E-state index in [2.05, 4.69) is 25.5 Å². The number of aliphatic carboxylic acids is 1. The highest BCUT2D eigenvalue weighted by Crippen LogP contribution is 2.25. The predicted octanol–water partition coefficient (Wildman–Crippen LogP) is 4.30. The molecule has 3 N–H and O–H groups in total. The van der Waals surface area contributed by atoms with Crippen LogP contribution < -0.4 is 20.3 Å². The van der Waals surface area contributed by atoms with Crippen LogP contribution in [0.4, 0.5) is 41.0 Å². The first-order valence-electron chi connectivity index (χ1n) is 10.6. The number of alkyl halides is 3. The van der Waals surface area contributed by atoms with Gasteiger partial charge in [0.1, 0.15) is 11.6 Å². The first-order chi connectivity index (χ1) is 16.7. The van der Waals surface area contributed by atoms with E-state index in [9.17, 15) is 22.8 Å². The lowest BCUT2D eigenvalue weighted by Gasteiger charge is -2.31. The number of nitrogens with one attached hydrogen (secondary N) is 2. The summed E-state index contributed by atoms with van der Waals surface area (Å²) >= 11 is 0. The maximum atomic E-state index is 12.5. The molecule has 10 nitrogen and oxygen atoms in total. The van der Waals surface area contributed by atoms with E-state index in [1.165, 1.54) is 30.6 Å². The zero-order valence-electron chi connectivity index (χ0n) is 18.2. The topological polar surface area (TPSA) is 122 Å². The minimum atomic E-state index is -4.77. The first-order valence-corrected chi connectivity index (χ1v) is 10.6. The Balaban J connectivity index is 1.31. The van der Waals surface area contributed by atoms with E-state index >= 15 is 0 Å². The molecule has 0 unspecified atom stereocenters. The Morgan fingerprint density at radius 2 is 1.71 bits per heavy atom. The second-order valence-corrected chi connectivity index (χ2v) is 7.78. The minimum Gasteiger partial charge on any atom is -0.481 e. The number of carboxylic acid groups (broad SMARTS) is 1. The van der Waals surface area contributed by atoms with E-state index in [0.29, 0.717) is 48.9 Å². The number of halogens is 3. The summed E-state index contributed by atoms with van der Waals surface area (Å²) in [5.41, 5.74) is 0.904. The van der Waals surface area contributed by atoms with Crippen molar-refractivity contribution in [1.82, 2.24) is 14.8 Å². The van der Waals surface area contributed by atoms with Crippen molar-refractivity contribution < 1.29 is 32.6 Å². The number of hydrogen-bond acceptors (Lipinski definition) is 7.